The van der Waals surface area contributed by atoms with E-state index in [0.29, 0.717) is 11.6 Å². The van der Waals surface area contributed by atoms with Gasteiger partial charge in [-0.2, -0.15) is 0 Å². The van der Waals surface area contributed by atoms with Crippen LogP contribution in [0.5, 0.6) is 0 Å². The van der Waals surface area contributed by atoms with Crippen LogP contribution in [0.3, 0.4) is 0 Å². The molecule has 3 nitrogen and oxygen atoms in total. The largest absolute Gasteiger partial charge is 0.278 e. The van der Waals surface area contributed by atoms with Crippen LogP contribution in [0.25, 0.3) is 11.1 Å². The van der Waals surface area contributed by atoms with E-state index in [9.17, 15) is 0 Å². The standard InChI is InChI=1S/C20H16ClN3/c1-12-19-16-9-8-15(21)10-17(16)20(14-6-4-3-5-7-14)22-11-18(19)24-13(2)23-12/h3-10H,11H2,1-2H3. The predicted octanol–water partition coefficient (Wildman–Crippen LogP) is 4.76. The predicted molar refractivity (Wildman–Crippen MR) is 97.7 cm³/mol. The topological polar surface area (TPSA) is 38.1 Å². The van der Waals surface area contributed by atoms with Gasteiger partial charge in [0.15, 0.2) is 0 Å². The lowest BCUT2D eigenvalue weighted by Crippen LogP contribution is -2.05. The summed E-state index contributed by atoms with van der Waals surface area (Å²) in [6, 6.07) is 16.1. The molecule has 0 radical (unpaired) electrons. The summed E-state index contributed by atoms with van der Waals surface area (Å²) in [6.45, 7) is 4.48. The Bertz CT molecular complexity index is 962. The zero-order valence-corrected chi connectivity index (χ0v) is 14.3. The van der Waals surface area contributed by atoms with Crippen LogP contribution >= 0.6 is 11.6 Å². The van der Waals surface area contributed by atoms with E-state index in [2.05, 4.69) is 22.1 Å². The lowest BCUT2D eigenvalue weighted by molar-refractivity contribution is 0.917. The summed E-state index contributed by atoms with van der Waals surface area (Å²) in [5.74, 6) is 0.778. The first-order valence-electron chi connectivity index (χ1n) is 7.88. The highest BCUT2D eigenvalue weighted by molar-refractivity contribution is 6.31. The Balaban J connectivity index is 2.03. The van der Waals surface area contributed by atoms with Crippen LogP contribution in [-0.4, -0.2) is 15.7 Å². The summed E-state index contributed by atoms with van der Waals surface area (Å²) in [5.41, 5.74) is 7.16. The van der Waals surface area contributed by atoms with E-state index in [1.54, 1.807) is 0 Å². The Morgan fingerprint density at radius 3 is 2.50 bits per heavy atom. The van der Waals surface area contributed by atoms with E-state index in [1.165, 1.54) is 0 Å². The molecule has 0 spiro atoms. The molecule has 0 fully saturated rings. The van der Waals surface area contributed by atoms with Gasteiger partial charge in [0.25, 0.3) is 0 Å². The molecule has 1 aliphatic rings. The van der Waals surface area contributed by atoms with Crippen LogP contribution in [0.1, 0.15) is 28.3 Å². The summed E-state index contributed by atoms with van der Waals surface area (Å²) in [6.07, 6.45) is 0. The highest BCUT2D eigenvalue weighted by Gasteiger charge is 2.22. The molecule has 0 atom stereocenters. The maximum atomic E-state index is 6.29. The molecule has 1 aliphatic heterocycles. The molecule has 0 amide bonds. The first-order valence-corrected chi connectivity index (χ1v) is 8.25. The van der Waals surface area contributed by atoms with E-state index in [0.717, 1.165) is 45.2 Å². The van der Waals surface area contributed by atoms with E-state index < -0.39 is 0 Å². The first-order chi connectivity index (χ1) is 11.6. The second kappa shape index (κ2) is 5.84. The van der Waals surface area contributed by atoms with Gasteiger partial charge in [-0.3, -0.25) is 4.99 Å². The summed E-state index contributed by atoms with van der Waals surface area (Å²) >= 11 is 6.29. The van der Waals surface area contributed by atoms with E-state index in [1.807, 2.05) is 50.2 Å². The van der Waals surface area contributed by atoms with Crippen molar-refractivity contribution in [2.45, 2.75) is 20.4 Å². The van der Waals surface area contributed by atoms with Gasteiger partial charge in [-0.25, -0.2) is 9.97 Å². The maximum Gasteiger partial charge on any atom is 0.125 e. The van der Waals surface area contributed by atoms with Crippen molar-refractivity contribution in [3.8, 4) is 11.1 Å². The quantitative estimate of drug-likeness (QED) is 0.643. The number of aryl methyl sites for hydroxylation is 2. The summed E-state index contributed by atoms with van der Waals surface area (Å²) in [7, 11) is 0. The summed E-state index contributed by atoms with van der Waals surface area (Å²) in [4.78, 5) is 14.1. The van der Waals surface area contributed by atoms with Crippen molar-refractivity contribution in [3.05, 3.63) is 81.9 Å². The van der Waals surface area contributed by atoms with E-state index in [4.69, 9.17) is 16.6 Å². The average molecular weight is 334 g/mol. The minimum Gasteiger partial charge on any atom is -0.278 e. The fraction of sp³-hybridized carbons (Fsp3) is 0.150. The molecule has 0 N–H and O–H groups in total. The SMILES string of the molecule is Cc1nc(C)c2c(n1)CN=C(c1ccccc1)c1cc(Cl)ccc1-2. The number of aromatic nitrogens is 2. The Kier molecular flexibility index (Phi) is 3.66. The molecule has 0 unspecified atom stereocenters. The van der Waals surface area contributed by atoms with Crippen LogP contribution in [0.2, 0.25) is 5.02 Å². The van der Waals surface area contributed by atoms with Gasteiger partial charge in [0.05, 0.1) is 18.0 Å². The van der Waals surface area contributed by atoms with Crippen LogP contribution in [0.4, 0.5) is 0 Å². The van der Waals surface area contributed by atoms with Crippen molar-refractivity contribution in [2.75, 3.05) is 0 Å². The molecule has 2 heterocycles. The van der Waals surface area contributed by atoms with Gasteiger partial charge in [-0.05, 0) is 31.5 Å². The number of fused-ring (bicyclic) bond motifs is 3. The van der Waals surface area contributed by atoms with Gasteiger partial charge >= 0.3 is 0 Å². The molecule has 0 saturated carbocycles. The van der Waals surface area contributed by atoms with Gasteiger partial charge in [0.2, 0.25) is 0 Å². The monoisotopic (exact) mass is 333 g/mol. The van der Waals surface area contributed by atoms with Crippen molar-refractivity contribution < 1.29 is 0 Å². The lowest BCUT2D eigenvalue weighted by Gasteiger charge is -2.13. The van der Waals surface area contributed by atoms with Crippen LogP contribution < -0.4 is 0 Å². The molecular weight excluding hydrogens is 318 g/mol. The molecule has 4 rings (SSSR count). The second-order valence-electron chi connectivity index (χ2n) is 5.90. The molecule has 118 valence electrons. The number of nitrogens with zero attached hydrogens (tertiary/aromatic N) is 3. The minimum absolute atomic E-state index is 0.538. The zero-order chi connectivity index (χ0) is 16.7. The molecule has 1 aromatic heterocycles. The molecule has 3 aromatic rings. The lowest BCUT2D eigenvalue weighted by atomic mass is 9.93. The highest BCUT2D eigenvalue weighted by atomic mass is 35.5. The number of aliphatic imine (C=N–C) groups is 1. The van der Waals surface area contributed by atoms with Gasteiger partial charge in [-0.15, -0.1) is 0 Å². The number of benzene rings is 2. The van der Waals surface area contributed by atoms with Gasteiger partial charge in [0.1, 0.15) is 5.82 Å². The van der Waals surface area contributed by atoms with Crippen LogP contribution in [0.15, 0.2) is 53.5 Å². The fourth-order valence-corrected chi connectivity index (χ4v) is 3.43. The molecule has 2 aromatic carbocycles. The highest BCUT2D eigenvalue weighted by Crippen LogP contribution is 2.35. The molecular formula is C20H16ClN3. The van der Waals surface area contributed by atoms with E-state index >= 15 is 0 Å². The molecule has 0 bridgehead atoms. The van der Waals surface area contributed by atoms with Crippen LogP contribution in [0, 0.1) is 13.8 Å². The fourth-order valence-electron chi connectivity index (χ4n) is 3.26. The number of halogens is 1. The normalized spacial score (nSPS) is 12.9. The van der Waals surface area contributed by atoms with Crippen LogP contribution in [-0.2, 0) is 6.54 Å². The third kappa shape index (κ3) is 2.51. The Hall–Kier alpha value is -2.52. The Morgan fingerprint density at radius 1 is 0.917 bits per heavy atom. The van der Waals surface area contributed by atoms with Crippen molar-refractivity contribution in [1.82, 2.24) is 9.97 Å². The third-order valence-corrected chi connectivity index (χ3v) is 4.45. The number of hydrogen-bond donors (Lipinski definition) is 0. The van der Waals surface area contributed by atoms with E-state index in [-0.39, 0.29) is 0 Å². The van der Waals surface area contributed by atoms with Gasteiger partial charge in [-0.1, -0.05) is 48.0 Å². The van der Waals surface area contributed by atoms with Gasteiger partial charge < -0.3 is 0 Å². The molecule has 0 aliphatic carbocycles. The first kappa shape index (κ1) is 15.0. The second-order valence-corrected chi connectivity index (χ2v) is 6.34. The maximum absolute atomic E-state index is 6.29. The number of hydrogen-bond acceptors (Lipinski definition) is 3. The molecule has 0 saturated heterocycles. The summed E-state index contributed by atoms with van der Waals surface area (Å²) < 4.78 is 0. The third-order valence-electron chi connectivity index (χ3n) is 4.22. The minimum atomic E-state index is 0.538. The van der Waals surface area contributed by atoms with Crippen molar-refractivity contribution in [1.29, 1.82) is 0 Å². The van der Waals surface area contributed by atoms with Crippen molar-refractivity contribution in [2.24, 2.45) is 4.99 Å². The van der Waals surface area contributed by atoms with Crippen molar-refractivity contribution >= 4 is 17.3 Å². The average Bonchev–Trinajstić information content (AvgIpc) is 2.72. The smallest absolute Gasteiger partial charge is 0.125 e. The van der Waals surface area contributed by atoms with Crippen molar-refractivity contribution in [3.63, 3.8) is 0 Å². The zero-order valence-electron chi connectivity index (χ0n) is 13.5. The Morgan fingerprint density at radius 2 is 1.71 bits per heavy atom. The van der Waals surface area contributed by atoms with Gasteiger partial charge in [0, 0.05) is 27.4 Å². The molecule has 24 heavy (non-hydrogen) atoms. The Labute approximate surface area is 146 Å². The molecule has 4 heteroatoms. The number of rotatable bonds is 1. The summed E-state index contributed by atoms with van der Waals surface area (Å²) in [5, 5.41) is 0.700.